The molecule has 1 saturated heterocycles. The lowest BCUT2D eigenvalue weighted by atomic mass is 10.1. The van der Waals surface area contributed by atoms with Crippen molar-refractivity contribution < 1.29 is 9.59 Å². The molecule has 6 nitrogen and oxygen atoms in total. The molecule has 6 heteroatoms. The van der Waals surface area contributed by atoms with Gasteiger partial charge in [-0.3, -0.25) is 9.59 Å². The third-order valence-electron chi connectivity index (χ3n) is 5.96. The first-order valence-corrected chi connectivity index (χ1v) is 11.4. The first-order chi connectivity index (χ1) is 15.7. The van der Waals surface area contributed by atoms with Crippen LogP contribution in [0.5, 0.6) is 0 Å². The van der Waals surface area contributed by atoms with Crippen molar-refractivity contribution in [2.45, 2.75) is 26.2 Å². The van der Waals surface area contributed by atoms with Gasteiger partial charge in [-0.25, -0.2) is 4.98 Å². The maximum atomic E-state index is 13.0. The van der Waals surface area contributed by atoms with E-state index in [1.807, 2.05) is 53.4 Å². The van der Waals surface area contributed by atoms with E-state index < -0.39 is 0 Å². The van der Waals surface area contributed by atoms with Gasteiger partial charge in [0.25, 0.3) is 11.8 Å². The number of amides is 2. The van der Waals surface area contributed by atoms with E-state index in [0.717, 1.165) is 54.5 Å². The van der Waals surface area contributed by atoms with Crippen LogP contribution in [-0.2, 0) is 0 Å². The molecular formula is C26H30N4O2. The fraction of sp³-hybridized carbons (Fsp3) is 0.346. The number of nitrogens with one attached hydrogen (secondary N) is 1. The Morgan fingerprint density at radius 2 is 1.66 bits per heavy atom. The molecule has 32 heavy (non-hydrogen) atoms. The Morgan fingerprint density at radius 1 is 0.906 bits per heavy atom. The third-order valence-corrected chi connectivity index (χ3v) is 5.96. The number of unbranched alkanes of at least 4 members (excludes halogenated alkanes) is 2. The van der Waals surface area contributed by atoms with Crippen molar-refractivity contribution in [3.8, 4) is 0 Å². The van der Waals surface area contributed by atoms with Gasteiger partial charge in [0.1, 0.15) is 5.82 Å². The van der Waals surface area contributed by atoms with Gasteiger partial charge in [-0.2, -0.15) is 0 Å². The van der Waals surface area contributed by atoms with Gasteiger partial charge in [-0.15, -0.1) is 0 Å². The predicted octanol–water partition coefficient (Wildman–Crippen LogP) is 4.12. The summed E-state index contributed by atoms with van der Waals surface area (Å²) in [5, 5.41) is 5.16. The summed E-state index contributed by atoms with van der Waals surface area (Å²) >= 11 is 0. The molecule has 0 atom stereocenters. The summed E-state index contributed by atoms with van der Waals surface area (Å²) in [7, 11) is 0. The molecule has 1 fully saturated rings. The van der Waals surface area contributed by atoms with Crippen molar-refractivity contribution in [1.29, 1.82) is 0 Å². The minimum absolute atomic E-state index is 0.0680. The van der Waals surface area contributed by atoms with Crippen LogP contribution in [0.4, 0.5) is 5.82 Å². The van der Waals surface area contributed by atoms with Crippen LogP contribution >= 0.6 is 0 Å². The highest BCUT2D eigenvalue weighted by Crippen LogP contribution is 2.19. The molecule has 166 valence electrons. The summed E-state index contributed by atoms with van der Waals surface area (Å²) < 4.78 is 0. The molecule has 0 radical (unpaired) electrons. The molecule has 0 unspecified atom stereocenters. The molecule has 2 amide bonds. The zero-order chi connectivity index (χ0) is 22.3. The number of piperazine rings is 1. The number of hydrogen-bond acceptors (Lipinski definition) is 4. The Hall–Kier alpha value is -3.41. The zero-order valence-corrected chi connectivity index (χ0v) is 18.6. The highest BCUT2D eigenvalue weighted by Gasteiger charge is 2.23. The van der Waals surface area contributed by atoms with E-state index in [-0.39, 0.29) is 11.8 Å². The molecule has 0 bridgehead atoms. The Bertz CT molecular complexity index is 1070. The molecule has 3 aromatic rings. The SMILES string of the molecule is CCCCCNC(=O)c1ccc(N2CCN(C(=O)c3ccc4ccccc4c3)CC2)nc1. The first-order valence-electron chi connectivity index (χ1n) is 11.4. The second-order valence-electron chi connectivity index (χ2n) is 8.21. The fourth-order valence-corrected chi connectivity index (χ4v) is 4.03. The maximum absolute atomic E-state index is 13.0. The van der Waals surface area contributed by atoms with E-state index in [0.29, 0.717) is 25.2 Å². The van der Waals surface area contributed by atoms with E-state index in [9.17, 15) is 9.59 Å². The standard InChI is InChI=1S/C26H30N4O2/c1-2-3-6-13-27-25(31)23-11-12-24(28-19-23)29-14-16-30(17-15-29)26(32)22-10-9-20-7-4-5-8-21(20)18-22/h4-5,7-12,18-19H,2-3,6,13-17H2,1H3,(H,27,31). The number of rotatable bonds is 7. The Balaban J connectivity index is 1.32. The molecule has 4 rings (SSSR count). The normalized spacial score (nSPS) is 13.9. The number of aromatic nitrogens is 1. The van der Waals surface area contributed by atoms with Crippen molar-refractivity contribution in [3.05, 3.63) is 71.9 Å². The molecule has 2 aromatic carbocycles. The van der Waals surface area contributed by atoms with Crippen molar-refractivity contribution in [2.24, 2.45) is 0 Å². The lowest BCUT2D eigenvalue weighted by Crippen LogP contribution is -2.49. The largest absolute Gasteiger partial charge is 0.353 e. The van der Waals surface area contributed by atoms with Gasteiger partial charge >= 0.3 is 0 Å². The second-order valence-corrected chi connectivity index (χ2v) is 8.21. The Kier molecular flexibility index (Phi) is 7.00. The molecule has 1 aliphatic heterocycles. The van der Waals surface area contributed by atoms with Gasteiger partial charge in [0.2, 0.25) is 0 Å². The molecule has 0 saturated carbocycles. The van der Waals surface area contributed by atoms with Gasteiger partial charge in [-0.05, 0) is 41.5 Å². The average molecular weight is 431 g/mol. The number of carbonyl (C=O) groups excluding carboxylic acids is 2. The summed E-state index contributed by atoms with van der Waals surface area (Å²) in [6.45, 7) is 5.56. The van der Waals surface area contributed by atoms with E-state index in [1.54, 1.807) is 6.20 Å². The van der Waals surface area contributed by atoms with Crippen molar-refractivity contribution in [2.75, 3.05) is 37.6 Å². The van der Waals surface area contributed by atoms with E-state index in [4.69, 9.17) is 0 Å². The summed E-state index contributed by atoms with van der Waals surface area (Å²) in [5.41, 5.74) is 1.31. The topological polar surface area (TPSA) is 65.5 Å². The molecule has 1 aromatic heterocycles. The summed E-state index contributed by atoms with van der Waals surface area (Å²) in [5.74, 6) is 0.828. The first kappa shape index (κ1) is 21.8. The van der Waals surface area contributed by atoms with Crippen LogP contribution in [0.2, 0.25) is 0 Å². The second kappa shape index (κ2) is 10.3. The third kappa shape index (κ3) is 5.07. The number of carbonyl (C=O) groups is 2. The lowest BCUT2D eigenvalue weighted by Gasteiger charge is -2.35. The van der Waals surface area contributed by atoms with Crippen LogP contribution in [0.25, 0.3) is 10.8 Å². The van der Waals surface area contributed by atoms with Gasteiger partial charge in [0.05, 0.1) is 5.56 Å². The molecular weight excluding hydrogens is 400 g/mol. The molecule has 1 aliphatic rings. The monoisotopic (exact) mass is 430 g/mol. The molecule has 2 heterocycles. The Labute approximate surface area is 189 Å². The zero-order valence-electron chi connectivity index (χ0n) is 18.6. The van der Waals surface area contributed by atoms with Crippen LogP contribution in [0.1, 0.15) is 46.9 Å². The van der Waals surface area contributed by atoms with Crippen LogP contribution in [-0.4, -0.2) is 54.4 Å². The van der Waals surface area contributed by atoms with E-state index in [1.165, 1.54) is 0 Å². The minimum atomic E-state index is -0.0778. The van der Waals surface area contributed by atoms with Gasteiger partial charge in [0.15, 0.2) is 0 Å². The lowest BCUT2D eigenvalue weighted by molar-refractivity contribution is 0.0746. The van der Waals surface area contributed by atoms with E-state index >= 15 is 0 Å². The molecule has 1 N–H and O–H groups in total. The summed E-state index contributed by atoms with van der Waals surface area (Å²) in [6, 6.07) is 17.7. The van der Waals surface area contributed by atoms with Gasteiger partial charge < -0.3 is 15.1 Å². The van der Waals surface area contributed by atoms with Crippen molar-refractivity contribution in [1.82, 2.24) is 15.2 Å². The number of fused-ring (bicyclic) bond motifs is 1. The van der Waals surface area contributed by atoms with Crippen molar-refractivity contribution in [3.63, 3.8) is 0 Å². The van der Waals surface area contributed by atoms with Crippen LogP contribution in [0.15, 0.2) is 60.8 Å². The van der Waals surface area contributed by atoms with Crippen LogP contribution in [0.3, 0.4) is 0 Å². The minimum Gasteiger partial charge on any atom is -0.353 e. The number of benzene rings is 2. The average Bonchev–Trinajstić information content (AvgIpc) is 2.86. The highest BCUT2D eigenvalue weighted by molar-refractivity contribution is 5.98. The quantitative estimate of drug-likeness (QED) is 0.573. The summed E-state index contributed by atoms with van der Waals surface area (Å²) in [4.78, 5) is 33.8. The summed E-state index contributed by atoms with van der Waals surface area (Å²) in [6.07, 6.45) is 4.88. The van der Waals surface area contributed by atoms with Gasteiger partial charge in [-0.1, -0.05) is 50.1 Å². The smallest absolute Gasteiger partial charge is 0.253 e. The fourth-order valence-electron chi connectivity index (χ4n) is 4.03. The number of anilines is 1. The number of pyridine rings is 1. The predicted molar refractivity (Wildman–Crippen MR) is 128 cm³/mol. The molecule has 0 spiro atoms. The van der Waals surface area contributed by atoms with Crippen LogP contribution in [0, 0.1) is 0 Å². The number of hydrogen-bond donors (Lipinski definition) is 1. The highest BCUT2D eigenvalue weighted by atomic mass is 16.2. The van der Waals surface area contributed by atoms with Crippen LogP contribution < -0.4 is 10.2 Å². The van der Waals surface area contributed by atoms with E-state index in [2.05, 4.69) is 28.2 Å². The van der Waals surface area contributed by atoms with Crippen molar-refractivity contribution >= 4 is 28.4 Å². The van der Waals surface area contributed by atoms with Gasteiger partial charge in [0, 0.05) is 44.5 Å². The number of nitrogens with zero attached hydrogens (tertiary/aromatic N) is 3. The molecule has 0 aliphatic carbocycles. The Morgan fingerprint density at radius 3 is 2.38 bits per heavy atom. The maximum Gasteiger partial charge on any atom is 0.253 e.